The third-order valence-electron chi connectivity index (χ3n) is 2.95. The molecule has 0 aliphatic heterocycles. The van der Waals surface area contributed by atoms with Crippen LogP contribution in [0.15, 0.2) is 15.8 Å². The Morgan fingerprint density at radius 2 is 1.61 bits per heavy atom. The molecule has 0 radical (unpaired) electrons. The van der Waals surface area contributed by atoms with Crippen LogP contribution in [0.25, 0.3) is 0 Å². The van der Waals surface area contributed by atoms with Gasteiger partial charge in [-0.3, -0.25) is 13.9 Å². The molecule has 0 N–H and O–H groups in total. The highest BCUT2D eigenvalue weighted by molar-refractivity contribution is 5.11. The van der Waals surface area contributed by atoms with Crippen LogP contribution >= 0.6 is 0 Å². The number of nitrogens with zero attached hydrogens (tertiary/aromatic N) is 2. The van der Waals surface area contributed by atoms with Crippen LogP contribution in [0.4, 0.5) is 0 Å². The van der Waals surface area contributed by atoms with E-state index in [0.717, 1.165) is 0 Å². The van der Waals surface area contributed by atoms with Crippen molar-refractivity contribution in [1.29, 1.82) is 0 Å². The van der Waals surface area contributed by atoms with E-state index in [2.05, 4.69) is 0 Å². The maximum Gasteiger partial charge on any atom is 0.331 e. The Labute approximate surface area is 108 Å². The molecule has 102 valence electrons. The second-order valence-electron chi connectivity index (χ2n) is 5.83. The van der Waals surface area contributed by atoms with Gasteiger partial charge in [0.15, 0.2) is 0 Å². The van der Waals surface area contributed by atoms with E-state index in [1.54, 1.807) is 10.8 Å². The maximum atomic E-state index is 12.3. The van der Waals surface area contributed by atoms with Gasteiger partial charge in [-0.2, -0.15) is 0 Å². The molecule has 0 unspecified atom stereocenters. The van der Waals surface area contributed by atoms with Crippen LogP contribution in [0.1, 0.15) is 59.1 Å². The van der Waals surface area contributed by atoms with Crippen LogP contribution in [0.2, 0.25) is 0 Å². The first-order chi connectivity index (χ1) is 8.25. The average molecular weight is 252 g/mol. The van der Waals surface area contributed by atoms with Gasteiger partial charge in [0.2, 0.25) is 0 Å². The van der Waals surface area contributed by atoms with Crippen molar-refractivity contribution in [2.45, 2.75) is 60.0 Å². The molecule has 0 aliphatic rings. The second kappa shape index (κ2) is 5.55. The van der Waals surface area contributed by atoms with Crippen LogP contribution in [0.3, 0.4) is 0 Å². The standard InChI is InChI=1S/C14H24N2O2/c1-9(2)7-16-13(17)12(10(3)4)8-15(11(5)6)14(16)18/h8-11H,7H2,1-6H3. The van der Waals surface area contributed by atoms with Gasteiger partial charge < -0.3 is 0 Å². The molecular formula is C14H24N2O2. The summed E-state index contributed by atoms with van der Waals surface area (Å²) in [7, 11) is 0. The molecule has 1 heterocycles. The van der Waals surface area contributed by atoms with E-state index < -0.39 is 0 Å². The zero-order chi connectivity index (χ0) is 14.0. The van der Waals surface area contributed by atoms with Gasteiger partial charge in [0, 0.05) is 24.3 Å². The largest absolute Gasteiger partial charge is 0.331 e. The molecule has 0 amide bonds. The normalized spacial score (nSPS) is 11.8. The maximum absolute atomic E-state index is 12.3. The molecule has 0 aliphatic carbocycles. The van der Waals surface area contributed by atoms with Gasteiger partial charge in [0.1, 0.15) is 0 Å². The predicted molar refractivity (Wildman–Crippen MR) is 74.3 cm³/mol. The average Bonchev–Trinajstić information content (AvgIpc) is 2.22. The summed E-state index contributed by atoms with van der Waals surface area (Å²) in [5.41, 5.74) is 0.373. The topological polar surface area (TPSA) is 44.0 Å². The van der Waals surface area contributed by atoms with Gasteiger partial charge in [-0.15, -0.1) is 0 Å². The molecule has 0 fully saturated rings. The zero-order valence-corrected chi connectivity index (χ0v) is 12.2. The molecule has 1 aromatic heterocycles. The summed E-state index contributed by atoms with van der Waals surface area (Å²) in [6.45, 7) is 12.4. The third-order valence-corrected chi connectivity index (χ3v) is 2.95. The van der Waals surface area contributed by atoms with Crippen molar-refractivity contribution in [3.05, 3.63) is 32.6 Å². The molecule has 0 aromatic carbocycles. The fourth-order valence-corrected chi connectivity index (χ4v) is 1.93. The molecule has 18 heavy (non-hydrogen) atoms. The summed E-state index contributed by atoms with van der Waals surface area (Å²) in [4.78, 5) is 24.6. The van der Waals surface area contributed by atoms with Crippen molar-refractivity contribution in [2.24, 2.45) is 5.92 Å². The molecular weight excluding hydrogens is 228 g/mol. The van der Waals surface area contributed by atoms with E-state index in [1.165, 1.54) is 4.57 Å². The van der Waals surface area contributed by atoms with Gasteiger partial charge in [0.05, 0.1) is 0 Å². The highest BCUT2D eigenvalue weighted by Gasteiger charge is 2.15. The minimum Gasteiger partial charge on any atom is -0.298 e. The summed E-state index contributed by atoms with van der Waals surface area (Å²) >= 11 is 0. The Kier molecular flexibility index (Phi) is 4.54. The minimum absolute atomic E-state index is 0.0639. The predicted octanol–water partition coefficient (Wildman–Crippen LogP) is 2.37. The fraction of sp³-hybridized carbons (Fsp3) is 0.714. The van der Waals surface area contributed by atoms with E-state index in [1.807, 2.05) is 41.5 Å². The molecule has 4 nitrogen and oxygen atoms in total. The first-order valence-corrected chi connectivity index (χ1v) is 6.61. The minimum atomic E-state index is -0.201. The summed E-state index contributed by atoms with van der Waals surface area (Å²) in [6.07, 6.45) is 1.72. The highest BCUT2D eigenvalue weighted by atomic mass is 16.2. The first-order valence-electron chi connectivity index (χ1n) is 6.61. The molecule has 1 aromatic rings. The molecule has 0 saturated carbocycles. The van der Waals surface area contributed by atoms with Crippen molar-refractivity contribution >= 4 is 0 Å². The van der Waals surface area contributed by atoms with Crippen molar-refractivity contribution in [3.8, 4) is 0 Å². The van der Waals surface area contributed by atoms with Crippen LogP contribution in [-0.4, -0.2) is 9.13 Å². The first kappa shape index (κ1) is 14.7. The lowest BCUT2D eigenvalue weighted by Gasteiger charge is -2.17. The third kappa shape index (κ3) is 2.92. The van der Waals surface area contributed by atoms with E-state index in [0.29, 0.717) is 12.1 Å². The zero-order valence-electron chi connectivity index (χ0n) is 12.2. The number of aromatic nitrogens is 2. The van der Waals surface area contributed by atoms with Crippen molar-refractivity contribution < 1.29 is 0 Å². The molecule has 1 rings (SSSR count). The lowest BCUT2D eigenvalue weighted by molar-refractivity contribution is 0.445. The molecule has 4 heteroatoms. The number of hydrogen-bond donors (Lipinski definition) is 0. The quantitative estimate of drug-likeness (QED) is 0.825. The SMILES string of the molecule is CC(C)Cn1c(=O)c(C(C)C)cn(C(C)C)c1=O. The molecule has 0 saturated heterocycles. The second-order valence-corrected chi connectivity index (χ2v) is 5.83. The van der Waals surface area contributed by atoms with E-state index in [-0.39, 0.29) is 29.1 Å². The van der Waals surface area contributed by atoms with Gasteiger partial charge >= 0.3 is 5.69 Å². The Bertz CT molecular complexity index is 481. The number of rotatable bonds is 4. The lowest BCUT2D eigenvalue weighted by atomic mass is 10.1. The van der Waals surface area contributed by atoms with E-state index in [4.69, 9.17) is 0 Å². The van der Waals surface area contributed by atoms with E-state index >= 15 is 0 Å². The van der Waals surface area contributed by atoms with Crippen LogP contribution in [-0.2, 0) is 6.54 Å². The summed E-state index contributed by atoms with van der Waals surface area (Å²) in [5, 5.41) is 0. The molecule has 0 atom stereocenters. The van der Waals surface area contributed by atoms with Crippen molar-refractivity contribution in [1.82, 2.24) is 9.13 Å². The molecule has 0 spiro atoms. The van der Waals surface area contributed by atoms with E-state index in [9.17, 15) is 9.59 Å². The Morgan fingerprint density at radius 1 is 1.06 bits per heavy atom. The van der Waals surface area contributed by atoms with Gasteiger partial charge in [0.25, 0.3) is 5.56 Å². The van der Waals surface area contributed by atoms with Crippen LogP contribution in [0, 0.1) is 5.92 Å². The van der Waals surface area contributed by atoms with Gasteiger partial charge in [-0.1, -0.05) is 27.7 Å². The summed E-state index contributed by atoms with van der Waals surface area (Å²) in [5.74, 6) is 0.403. The monoisotopic (exact) mass is 252 g/mol. The van der Waals surface area contributed by atoms with Crippen molar-refractivity contribution in [2.75, 3.05) is 0 Å². The highest BCUT2D eigenvalue weighted by Crippen LogP contribution is 2.10. The molecule has 0 bridgehead atoms. The van der Waals surface area contributed by atoms with Crippen LogP contribution in [0.5, 0.6) is 0 Å². The Morgan fingerprint density at radius 3 is 2.00 bits per heavy atom. The smallest absolute Gasteiger partial charge is 0.298 e. The van der Waals surface area contributed by atoms with Crippen LogP contribution < -0.4 is 11.2 Å². The lowest BCUT2D eigenvalue weighted by Crippen LogP contribution is -2.43. The fourth-order valence-electron chi connectivity index (χ4n) is 1.93. The number of hydrogen-bond acceptors (Lipinski definition) is 2. The van der Waals surface area contributed by atoms with Gasteiger partial charge in [-0.25, -0.2) is 4.79 Å². The summed E-state index contributed by atoms with van der Waals surface area (Å²) < 4.78 is 3.03. The summed E-state index contributed by atoms with van der Waals surface area (Å²) in [6, 6.07) is 0.0639. The van der Waals surface area contributed by atoms with Gasteiger partial charge in [-0.05, 0) is 25.7 Å². The van der Waals surface area contributed by atoms with Crippen molar-refractivity contribution in [3.63, 3.8) is 0 Å². The Balaban J connectivity index is 3.57. The Hall–Kier alpha value is -1.32.